The third-order valence-corrected chi connectivity index (χ3v) is 10.0. The van der Waals surface area contributed by atoms with Gasteiger partial charge in [-0.25, -0.2) is 0 Å². The molecule has 4 aromatic rings. The molecule has 118 valence electrons. The van der Waals surface area contributed by atoms with Crippen molar-refractivity contribution in [2.24, 2.45) is 0 Å². The zero-order valence-corrected chi connectivity index (χ0v) is 14.6. The molecular formula is C22H16N2Si. The van der Waals surface area contributed by atoms with E-state index < -0.39 is 8.07 Å². The van der Waals surface area contributed by atoms with Crippen LogP contribution in [0.1, 0.15) is 0 Å². The van der Waals surface area contributed by atoms with E-state index in [9.17, 15) is 0 Å². The van der Waals surface area contributed by atoms with Gasteiger partial charge in [0.1, 0.15) is 0 Å². The summed E-state index contributed by atoms with van der Waals surface area (Å²) in [4.78, 5) is 8.81. The zero-order chi connectivity index (χ0) is 16.7. The average Bonchev–Trinajstić information content (AvgIpc) is 3.01. The minimum atomic E-state index is -2.31. The minimum absolute atomic E-state index is 1.23. The van der Waals surface area contributed by atoms with Gasteiger partial charge in [0.2, 0.25) is 0 Å². The molecule has 0 atom stereocenters. The number of rotatable bonds is 2. The van der Waals surface area contributed by atoms with E-state index in [2.05, 4.69) is 82.8 Å². The summed E-state index contributed by atoms with van der Waals surface area (Å²) < 4.78 is 0. The molecule has 0 aliphatic carbocycles. The highest BCUT2D eigenvalue weighted by Gasteiger charge is 2.48. The van der Waals surface area contributed by atoms with Gasteiger partial charge in [0.15, 0.2) is 8.07 Å². The number of hydrogen-bond donors (Lipinski definition) is 0. The molecule has 1 aliphatic heterocycles. The first-order valence-electron chi connectivity index (χ1n) is 8.43. The molecule has 0 N–H and O–H groups in total. The number of benzene rings is 2. The van der Waals surface area contributed by atoms with E-state index in [0.29, 0.717) is 0 Å². The van der Waals surface area contributed by atoms with E-state index in [-0.39, 0.29) is 0 Å². The molecule has 0 unspecified atom stereocenters. The summed E-state index contributed by atoms with van der Waals surface area (Å²) in [6, 6.07) is 26.3. The van der Waals surface area contributed by atoms with Gasteiger partial charge in [0, 0.05) is 35.9 Å². The van der Waals surface area contributed by atoms with Gasteiger partial charge in [-0.2, -0.15) is 0 Å². The summed E-state index contributed by atoms with van der Waals surface area (Å²) in [5.74, 6) is 0. The maximum atomic E-state index is 4.40. The molecule has 25 heavy (non-hydrogen) atoms. The van der Waals surface area contributed by atoms with Crippen LogP contribution >= 0.6 is 0 Å². The zero-order valence-electron chi connectivity index (χ0n) is 13.6. The van der Waals surface area contributed by atoms with Gasteiger partial charge >= 0.3 is 0 Å². The van der Waals surface area contributed by atoms with Crippen LogP contribution < -0.4 is 20.7 Å². The predicted molar refractivity (Wildman–Crippen MR) is 105 cm³/mol. The Labute approximate surface area is 147 Å². The van der Waals surface area contributed by atoms with Gasteiger partial charge in [-0.3, -0.25) is 9.97 Å². The first kappa shape index (κ1) is 14.3. The molecule has 2 aromatic carbocycles. The van der Waals surface area contributed by atoms with Gasteiger partial charge in [-0.05, 0) is 32.9 Å². The third kappa shape index (κ3) is 1.90. The van der Waals surface area contributed by atoms with Gasteiger partial charge in [-0.1, -0.05) is 60.7 Å². The quantitative estimate of drug-likeness (QED) is 0.460. The van der Waals surface area contributed by atoms with E-state index in [1.165, 1.54) is 31.9 Å². The monoisotopic (exact) mass is 336 g/mol. The normalized spacial score (nSPS) is 13.9. The Hall–Kier alpha value is -3.04. The Morgan fingerprint density at radius 3 is 1.40 bits per heavy atom. The van der Waals surface area contributed by atoms with Gasteiger partial charge < -0.3 is 0 Å². The summed E-state index contributed by atoms with van der Waals surface area (Å²) in [6.45, 7) is 0. The SMILES string of the molecule is c1ccc([Si]2(c3ccccc3)c3ccncc3-c3cnccc32)cc1. The van der Waals surface area contributed by atoms with E-state index in [4.69, 9.17) is 0 Å². The van der Waals surface area contributed by atoms with Crippen LogP contribution in [0.3, 0.4) is 0 Å². The lowest BCUT2D eigenvalue weighted by Gasteiger charge is -2.30. The van der Waals surface area contributed by atoms with Crippen molar-refractivity contribution in [1.29, 1.82) is 0 Å². The van der Waals surface area contributed by atoms with E-state index in [1.54, 1.807) is 0 Å². The molecule has 0 fully saturated rings. The summed E-state index contributed by atoms with van der Waals surface area (Å²) in [5.41, 5.74) is 2.45. The third-order valence-electron chi connectivity index (χ3n) is 5.15. The average molecular weight is 336 g/mol. The molecule has 5 rings (SSSR count). The molecule has 2 aromatic heterocycles. The molecule has 0 saturated heterocycles. The van der Waals surface area contributed by atoms with Crippen molar-refractivity contribution in [2.75, 3.05) is 0 Å². The topological polar surface area (TPSA) is 25.8 Å². The molecule has 0 amide bonds. The lowest BCUT2D eigenvalue weighted by molar-refractivity contribution is 1.32. The number of hydrogen-bond acceptors (Lipinski definition) is 2. The fourth-order valence-electron chi connectivity index (χ4n) is 4.18. The van der Waals surface area contributed by atoms with E-state index in [1.807, 2.05) is 24.8 Å². The van der Waals surface area contributed by atoms with Crippen molar-refractivity contribution >= 4 is 28.8 Å². The van der Waals surface area contributed by atoms with Crippen LogP contribution in [0.5, 0.6) is 0 Å². The van der Waals surface area contributed by atoms with Crippen molar-refractivity contribution in [3.63, 3.8) is 0 Å². The molecular weight excluding hydrogens is 320 g/mol. The van der Waals surface area contributed by atoms with Crippen LogP contribution in [0.25, 0.3) is 11.1 Å². The lowest BCUT2D eigenvalue weighted by Crippen LogP contribution is -2.72. The molecule has 3 heteroatoms. The summed E-state index contributed by atoms with van der Waals surface area (Å²) in [6.07, 6.45) is 7.84. The standard InChI is InChI=1S/C22H16N2Si/c1-3-7-17(8-4-1)25(18-9-5-2-6-10-18)21-11-13-23-15-19(21)20-16-24-14-12-22(20)25/h1-16H. The van der Waals surface area contributed by atoms with E-state index in [0.717, 1.165) is 0 Å². The predicted octanol–water partition coefficient (Wildman–Crippen LogP) is 1.83. The van der Waals surface area contributed by atoms with Gasteiger partial charge in [-0.15, -0.1) is 0 Å². The molecule has 0 saturated carbocycles. The maximum absolute atomic E-state index is 4.40. The fraction of sp³-hybridized carbons (Fsp3) is 0. The van der Waals surface area contributed by atoms with Crippen molar-refractivity contribution < 1.29 is 0 Å². The Morgan fingerprint density at radius 1 is 0.520 bits per heavy atom. The number of nitrogens with zero attached hydrogens (tertiary/aromatic N) is 2. The molecule has 0 bridgehead atoms. The highest BCUT2D eigenvalue weighted by atomic mass is 28.3. The first-order valence-corrected chi connectivity index (χ1v) is 10.4. The summed E-state index contributed by atoms with van der Waals surface area (Å²) in [7, 11) is -2.31. The van der Waals surface area contributed by atoms with Crippen molar-refractivity contribution in [2.45, 2.75) is 0 Å². The molecule has 0 radical (unpaired) electrons. The van der Waals surface area contributed by atoms with Crippen LogP contribution in [0.15, 0.2) is 97.6 Å². The second kappa shape index (κ2) is 5.50. The highest BCUT2D eigenvalue weighted by molar-refractivity contribution is 7.22. The number of aromatic nitrogens is 2. The van der Waals surface area contributed by atoms with Crippen LogP contribution in [-0.4, -0.2) is 18.0 Å². The molecule has 0 spiro atoms. The summed E-state index contributed by atoms with van der Waals surface area (Å²) >= 11 is 0. The van der Waals surface area contributed by atoms with Gasteiger partial charge in [0.25, 0.3) is 0 Å². The Balaban J connectivity index is 1.98. The van der Waals surface area contributed by atoms with Crippen LogP contribution in [-0.2, 0) is 0 Å². The summed E-state index contributed by atoms with van der Waals surface area (Å²) in [5, 5.41) is 5.61. The lowest BCUT2D eigenvalue weighted by atomic mass is 10.1. The second-order valence-corrected chi connectivity index (χ2v) is 10.1. The smallest absolute Gasteiger partial charge is 0.181 e. The Morgan fingerprint density at radius 2 is 0.960 bits per heavy atom. The second-order valence-electron chi connectivity index (χ2n) is 6.32. The van der Waals surface area contributed by atoms with Gasteiger partial charge in [0.05, 0.1) is 0 Å². The van der Waals surface area contributed by atoms with Crippen molar-refractivity contribution in [3.8, 4) is 11.1 Å². The number of fused-ring (bicyclic) bond motifs is 3. The van der Waals surface area contributed by atoms with Crippen LogP contribution in [0.4, 0.5) is 0 Å². The molecule has 3 heterocycles. The molecule has 1 aliphatic rings. The molecule has 2 nitrogen and oxygen atoms in total. The van der Waals surface area contributed by atoms with Crippen LogP contribution in [0.2, 0.25) is 0 Å². The fourth-order valence-corrected chi connectivity index (χ4v) is 9.29. The first-order chi connectivity index (χ1) is 12.4. The van der Waals surface area contributed by atoms with Crippen LogP contribution in [0, 0.1) is 0 Å². The minimum Gasteiger partial charge on any atom is -0.264 e. The number of pyridine rings is 2. The Kier molecular flexibility index (Phi) is 3.15. The highest BCUT2D eigenvalue weighted by Crippen LogP contribution is 2.26. The van der Waals surface area contributed by atoms with E-state index >= 15 is 0 Å². The maximum Gasteiger partial charge on any atom is 0.181 e. The van der Waals surface area contributed by atoms with Crippen molar-refractivity contribution in [1.82, 2.24) is 9.97 Å². The Bertz CT molecular complexity index is 959. The largest absolute Gasteiger partial charge is 0.264 e. The van der Waals surface area contributed by atoms with Crippen molar-refractivity contribution in [3.05, 3.63) is 97.6 Å².